The van der Waals surface area contributed by atoms with Gasteiger partial charge in [0.2, 0.25) is 0 Å². The summed E-state index contributed by atoms with van der Waals surface area (Å²) in [5.74, 6) is -2.14. The van der Waals surface area contributed by atoms with Crippen LogP contribution in [0, 0.1) is 29.9 Å². The summed E-state index contributed by atoms with van der Waals surface area (Å²) in [6.07, 6.45) is 1.47. The van der Waals surface area contributed by atoms with E-state index < -0.39 is 23.1 Å². The Kier molecular flexibility index (Phi) is 6.36. The van der Waals surface area contributed by atoms with Crippen LogP contribution in [0.25, 0.3) is 0 Å². The number of benzene rings is 2. The number of anilines is 2. The van der Waals surface area contributed by atoms with Crippen molar-refractivity contribution in [2.75, 3.05) is 9.80 Å². The Hall–Kier alpha value is -3.75. The number of amides is 2. The molecule has 0 unspecified atom stereocenters. The molecule has 35 heavy (non-hydrogen) atoms. The van der Waals surface area contributed by atoms with Crippen LogP contribution in [0.2, 0.25) is 0 Å². The van der Waals surface area contributed by atoms with Gasteiger partial charge in [0.1, 0.15) is 28.1 Å². The molecule has 1 aromatic heterocycles. The minimum Gasteiger partial charge on any atom is -0.347 e. The molecule has 1 N–H and O–H groups in total. The summed E-state index contributed by atoms with van der Waals surface area (Å²) < 4.78 is 29.2. The van der Waals surface area contributed by atoms with E-state index in [2.05, 4.69) is 10.3 Å². The van der Waals surface area contributed by atoms with E-state index in [4.69, 9.17) is 17.5 Å². The fraction of sp³-hybridized carbons (Fsp3) is 0.208. The van der Waals surface area contributed by atoms with Crippen molar-refractivity contribution in [3.63, 3.8) is 0 Å². The van der Waals surface area contributed by atoms with Crippen molar-refractivity contribution < 1.29 is 18.4 Å². The minimum atomic E-state index is -1.19. The molecule has 0 saturated carbocycles. The fourth-order valence-electron chi connectivity index (χ4n) is 3.74. The number of aryl methyl sites for hydroxylation is 1. The van der Waals surface area contributed by atoms with E-state index in [1.54, 1.807) is 32.9 Å². The predicted molar refractivity (Wildman–Crippen MR) is 132 cm³/mol. The van der Waals surface area contributed by atoms with E-state index in [9.17, 15) is 18.4 Å². The second-order valence-corrected chi connectivity index (χ2v) is 9.90. The number of carbonyl (C=O) groups is 2. The van der Waals surface area contributed by atoms with Crippen molar-refractivity contribution >= 4 is 51.9 Å². The highest BCUT2D eigenvalue weighted by atomic mass is 32.1. The average Bonchev–Trinajstić information content (AvgIpc) is 3.31. The molecule has 1 aliphatic rings. The summed E-state index contributed by atoms with van der Waals surface area (Å²) in [4.78, 5) is 32.6. The molecule has 11 heteroatoms. The Morgan fingerprint density at radius 3 is 2.49 bits per heavy atom. The zero-order valence-corrected chi connectivity index (χ0v) is 20.6. The van der Waals surface area contributed by atoms with Gasteiger partial charge in [-0.05, 0) is 63.3 Å². The molecule has 178 valence electrons. The van der Waals surface area contributed by atoms with Crippen LogP contribution in [0.5, 0.6) is 0 Å². The lowest BCUT2D eigenvalue weighted by atomic mass is 10.0. The van der Waals surface area contributed by atoms with Gasteiger partial charge in [0.05, 0.1) is 22.5 Å². The molecular weight excluding hydrogens is 492 g/mol. The van der Waals surface area contributed by atoms with Gasteiger partial charge in [-0.1, -0.05) is 6.07 Å². The quantitative estimate of drug-likeness (QED) is 0.509. The number of nitrogens with one attached hydrogen (secondary N) is 1. The maximum absolute atomic E-state index is 15.0. The van der Waals surface area contributed by atoms with Crippen LogP contribution in [0.1, 0.15) is 39.7 Å². The molecule has 0 bridgehead atoms. The highest BCUT2D eigenvalue weighted by molar-refractivity contribution is 7.81. The Morgan fingerprint density at radius 1 is 1.20 bits per heavy atom. The van der Waals surface area contributed by atoms with Crippen LogP contribution in [0.3, 0.4) is 0 Å². The fourth-order valence-corrected chi connectivity index (χ4v) is 4.95. The van der Waals surface area contributed by atoms with Crippen molar-refractivity contribution in [3.05, 3.63) is 75.2 Å². The first-order valence-corrected chi connectivity index (χ1v) is 11.6. The van der Waals surface area contributed by atoms with Gasteiger partial charge >= 0.3 is 0 Å². The smallest absolute Gasteiger partial charge is 0.263 e. The third kappa shape index (κ3) is 4.38. The molecule has 0 spiro atoms. The highest BCUT2D eigenvalue weighted by Crippen LogP contribution is 2.37. The van der Waals surface area contributed by atoms with E-state index in [-0.39, 0.29) is 34.4 Å². The minimum absolute atomic E-state index is 0.0364. The lowest BCUT2D eigenvalue weighted by Gasteiger charge is -2.29. The molecule has 2 amide bonds. The molecule has 4 rings (SSSR count). The molecule has 1 aliphatic heterocycles. The van der Waals surface area contributed by atoms with E-state index in [0.717, 1.165) is 11.1 Å². The largest absolute Gasteiger partial charge is 0.347 e. The molecule has 2 heterocycles. The summed E-state index contributed by atoms with van der Waals surface area (Å²) in [6.45, 7) is 5.01. The maximum Gasteiger partial charge on any atom is 0.263 e. The van der Waals surface area contributed by atoms with Gasteiger partial charge in [-0.15, -0.1) is 11.3 Å². The predicted octanol–water partition coefficient (Wildman–Crippen LogP) is 4.45. The second-order valence-electron chi connectivity index (χ2n) is 8.30. The third-order valence-electron chi connectivity index (χ3n) is 5.58. The normalized spacial score (nSPS) is 14.9. The number of halogens is 2. The number of thiazole rings is 1. The molecule has 0 aliphatic carbocycles. The standard InChI is InChI=1S/C24H19F2N5O2S2/c1-13-28-12-20(35-13)21(32)29-11-15-5-7-17(9-19(15)26)31-23(34)30(22(33)24(31,2)3)16-6-4-14(10-27)18(25)8-16/h4-9,12H,11H2,1-3H3,(H,29,32). The molecule has 0 radical (unpaired) electrons. The summed E-state index contributed by atoms with van der Waals surface area (Å²) in [5.41, 5.74) is -0.588. The number of hydrogen-bond donors (Lipinski definition) is 1. The number of aromatic nitrogens is 1. The molecule has 7 nitrogen and oxygen atoms in total. The SMILES string of the molecule is Cc1ncc(C(=O)NCc2ccc(N3C(=S)N(c4ccc(C#N)c(F)c4)C(=O)C3(C)C)cc2F)s1. The third-order valence-corrected chi connectivity index (χ3v) is 6.86. The van der Waals surface area contributed by atoms with Crippen LogP contribution in [0.4, 0.5) is 20.2 Å². The Bertz CT molecular complexity index is 1410. The maximum atomic E-state index is 15.0. The van der Waals surface area contributed by atoms with E-state index in [1.165, 1.54) is 51.6 Å². The molecular formula is C24H19F2N5O2S2. The van der Waals surface area contributed by atoms with Crippen LogP contribution in [-0.4, -0.2) is 27.4 Å². The van der Waals surface area contributed by atoms with Crippen LogP contribution in [-0.2, 0) is 11.3 Å². The Morgan fingerprint density at radius 2 is 1.89 bits per heavy atom. The number of nitriles is 1. The monoisotopic (exact) mass is 511 g/mol. The first kappa shape index (κ1) is 24.4. The number of hydrogen-bond acceptors (Lipinski definition) is 6. The number of carbonyl (C=O) groups excluding carboxylic acids is 2. The number of nitrogens with zero attached hydrogens (tertiary/aromatic N) is 4. The van der Waals surface area contributed by atoms with Crippen LogP contribution >= 0.6 is 23.6 Å². The molecule has 1 saturated heterocycles. The van der Waals surface area contributed by atoms with Crippen LogP contribution in [0.15, 0.2) is 42.6 Å². The van der Waals surface area contributed by atoms with E-state index >= 15 is 0 Å². The summed E-state index contributed by atoms with van der Waals surface area (Å²) in [7, 11) is 0. The topological polar surface area (TPSA) is 89.3 Å². The van der Waals surface area contributed by atoms with Crippen molar-refractivity contribution in [1.29, 1.82) is 5.26 Å². The molecule has 0 atom stereocenters. The van der Waals surface area contributed by atoms with Gasteiger partial charge in [-0.2, -0.15) is 5.26 Å². The van der Waals surface area contributed by atoms with E-state index in [1.807, 2.05) is 0 Å². The summed E-state index contributed by atoms with van der Waals surface area (Å²) >= 11 is 6.78. The van der Waals surface area contributed by atoms with Crippen molar-refractivity contribution in [3.8, 4) is 6.07 Å². The second kappa shape index (κ2) is 9.13. The van der Waals surface area contributed by atoms with Gasteiger partial charge in [0.25, 0.3) is 11.8 Å². The molecule has 1 fully saturated rings. The number of thiocarbonyl (C=S) groups is 1. The lowest BCUT2D eigenvalue weighted by molar-refractivity contribution is -0.120. The van der Waals surface area contributed by atoms with Crippen molar-refractivity contribution in [1.82, 2.24) is 10.3 Å². The highest BCUT2D eigenvalue weighted by Gasteiger charge is 2.50. The van der Waals surface area contributed by atoms with Crippen molar-refractivity contribution in [2.24, 2.45) is 0 Å². The Labute approximate surface area is 209 Å². The Balaban J connectivity index is 1.58. The zero-order valence-electron chi connectivity index (χ0n) is 18.9. The summed E-state index contributed by atoms with van der Waals surface area (Å²) in [5, 5.41) is 12.4. The zero-order chi connectivity index (χ0) is 25.5. The van der Waals surface area contributed by atoms with Gasteiger partial charge < -0.3 is 10.2 Å². The first-order valence-electron chi connectivity index (χ1n) is 10.4. The van der Waals surface area contributed by atoms with Crippen molar-refractivity contribution in [2.45, 2.75) is 32.9 Å². The van der Waals surface area contributed by atoms with E-state index in [0.29, 0.717) is 10.6 Å². The molecule has 3 aromatic rings. The summed E-state index contributed by atoms with van der Waals surface area (Å²) in [6, 6.07) is 9.86. The van der Waals surface area contributed by atoms with Gasteiger partial charge in [-0.3, -0.25) is 14.5 Å². The lowest BCUT2D eigenvalue weighted by Crippen LogP contribution is -2.44. The van der Waals surface area contributed by atoms with Gasteiger partial charge in [0, 0.05) is 17.8 Å². The average molecular weight is 512 g/mol. The number of rotatable bonds is 5. The molecule has 2 aromatic carbocycles. The van der Waals surface area contributed by atoms with Crippen LogP contribution < -0.4 is 15.1 Å². The van der Waals surface area contributed by atoms with Gasteiger partial charge in [-0.25, -0.2) is 13.8 Å². The first-order chi connectivity index (χ1) is 16.5. The van der Waals surface area contributed by atoms with Gasteiger partial charge in [0.15, 0.2) is 5.11 Å².